The Balaban J connectivity index is 2.24. The summed E-state index contributed by atoms with van der Waals surface area (Å²) in [6, 6.07) is 1.69. The smallest absolute Gasteiger partial charge is 0.325 e. The van der Waals surface area contributed by atoms with E-state index in [-0.39, 0.29) is 12.5 Å². The van der Waals surface area contributed by atoms with Crippen molar-refractivity contribution in [1.82, 2.24) is 19.7 Å². The quantitative estimate of drug-likeness (QED) is 0.752. The van der Waals surface area contributed by atoms with Crippen LogP contribution in [0.25, 0.3) is 11.3 Å². The number of nitrogens with two attached hydrogens (primary N) is 1. The number of carbonyl (C=O) groups is 1. The fourth-order valence-corrected chi connectivity index (χ4v) is 1.21. The Kier molecular flexibility index (Phi) is 2.50. The summed E-state index contributed by atoms with van der Waals surface area (Å²) in [6.45, 7) is -0.171. The second-order valence-corrected chi connectivity index (χ2v) is 3.12. The van der Waals surface area contributed by atoms with E-state index in [1.54, 1.807) is 12.3 Å². The van der Waals surface area contributed by atoms with Gasteiger partial charge in [-0.2, -0.15) is 5.10 Å². The van der Waals surface area contributed by atoms with Crippen LogP contribution < -0.4 is 5.73 Å². The van der Waals surface area contributed by atoms with Crippen LogP contribution >= 0.6 is 0 Å². The second-order valence-electron chi connectivity index (χ2n) is 3.12. The zero-order chi connectivity index (χ0) is 11.5. The van der Waals surface area contributed by atoms with Gasteiger partial charge in [-0.3, -0.25) is 9.48 Å². The highest BCUT2D eigenvalue weighted by Crippen LogP contribution is 2.14. The molecule has 2 heterocycles. The van der Waals surface area contributed by atoms with Crippen molar-refractivity contribution in [3.63, 3.8) is 0 Å². The first-order valence-electron chi connectivity index (χ1n) is 4.48. The minimum Gasteiger partial charge on any atom is -0.480 e. The van der Waals surface area contributed by atoms with Gasteiger partial charge in [-0.15, -0.1) is 0 Å². The molecule has 7 heteroatoms. The first kappa shape index (κ1) is 10.1. The molecule has 0 spiro atoms. The minimum absolute atomic E-state index is 0.171. The highest BCUT2D eigenvalue weighted by Gasteiger charge is 2.05. The van der Waals surface area contributed by atoms with Crippen LogP contribution in [0.1, 0.15) is 0 Å². The molecule has 0 bridgehead atoms. The summed E-state index contributed by atoms with van der Waals surface area (Å²) >= 11 is 0. The molecule has 2 aromatic rings. The Morgan fingerprint density at radius 3 is 2.75 bits per heavy atom. The van der Waals surface area contributed by atoms with E-state index in [0.29, 0.717) is 11.3 Å². The normalized spacial score (nSPS) is 10.2. The van der Waals surface area contributed by atoms with Crippen molar-refractivity contribution in [2.24, 2.45) is 0 Å². The fraction of sp³-hybridized carbons (Fsp3) is 0.111. The number of aromatic nitrogens is 4. The Morgan fingerprint density at radius 1 is 1.44 bits per heavy atom. The van der Waals surface area contributed by atoms with Crippen molar-refractivity contribution in [3.05, 3.63) is 24.7 Å². The van der Waals surface area contributed by atoms with Gasteiger partial charge in [0.05, 0.1) is 5.69 Å². The standard InChI is InChI=1S/C9H9N5O2/c10-9-11-3-6(4-12-9)7-1-2-14(13-7)5-8(15)16/h1-4H,5H2,(H,15,16)(H2,10,11,12). The van der Waals surface area contributed by atoms with Gasteiger partial charge < -0.3 is 10.8 Å². The van der Waals surface area contributed by atoms with E-state index in [2.05, 4.69) is 15.1 Å². The van der Waals surface area contributed by atoms with E-state index in [4.69, 9.17) is 10.8 Å². The highest BCUT2D eigenvalue weighted by molar-refractivity contribution is 5.66. The average molecular weight is 219 g/mol. The maximum absolute atomic E-state index is 10.5. The van der Waals surface area contributed by atoms with Gasteiger partial charge in [0, 0.05) is 24.2 Å². The predicted octanol–water partition coefficient (Wildman–Crippen LogP) is 0.00690. The Hall–Kier alpha value is -2.44. The molecule has 0 saturated heterocycles. The summed E-state index contributed by atoms with van der Waals surface area (Å²) < 4.78 is 1.33. The van der Waals surface area contributed by atoms with Crippen molar-refractivity contribution < 1.29 is 9.90 Å². The molecule has 0 fully saturated rings. The number of carboxylic acid groups (broad SMARTS) is 1. The van der Waals surface area contributed by atoms with Crippen LogP contribution in [-0.4, -0.2) is 30.8 Å². The molecule has 0 aromatic carbocycles. The largest absolute Gasteiger partial charge is 0.480 e. The molecule has 0 aliphatic rings. The van der Waals surface area contributed by atoms with Gasteiger partial charge in [0.15, 0.2) is 0 Å². The first-order chi connectivity index (χ1) is 7.65. The number of hydrogen-bond donors (Lipinski definition) is 2. The molecule has 82 valence electrons. The summed E-state index contributed by atoms with van der Waals surface area (Å²) in [5, 5.41) is 12.6. The zero-order valence-corrected chi connectivity index (χ0v) is 8.24. The molecule has 0 unspecified atom stereocenters. The van der Waals surface area contributed by atoms with Crippen molar-refractivity contribution in [1.29, 1.82) is 0 Å². The first-order valence-corrected chi connectivity index (χ1v) is 4.48. The number of nitrogen functional groups attached to an aromatic ring is 1. The van der Waals surface area contributed by atoms with Crippen molar-refractivity contribution in [2.45, 2.75) is 6.54 Å². The number of nitrogens with zero attached hydrogens (tertiary/aromatic N) is 4. The molecule has 0 aliphatic heterocycles. The Labute approximate surface area is 90.6 Å². The summed E-state index contributed by atoms with van der Waals surface area (Å²) in [5.74, 6) is -0.753. The van der Waals surface area contributed by atoms with Gasteiger partial charge in [0.2, 0.25) is 5.95 Å². The van der Waals surface area contributed by atoms with E-state index in [0.717, 1.165) is 0 Å². The highest BCUT2D eigenvalue weighted by atomic mass is 16.4. The van der Waals surface area contributed by atoms with Crippen molar-refractivity contribution >= 4 is 11.9 Å². The maximum Gasteiger partial charge on any atom is 0.325 e. The minimum atomic E-state index is -0.941. The van der Waals surface area contributed by atoms with Gasteiger partial charge in [-0.05, 0) is 6.07 Å². The summed E-state index contributed by atoms with van der Waals surface area (Å²) in [7, 11) is 0. The third kappa shape index (κ3) is 2.14. The summed E-state index contributed by atoms with van der Waals surface area (Å²) in [5.41, 5.74) is 6.66. The predicted molar refractivity (Wildman–Crippen MR) is 55.3 cm³/mol. The van der Waals surface area contributed by atoms with Crippen LogP contribution in [-0.2, 0) is 11.3 Å². The topological polar surface area (TPSA) is 107 Å². The van der Waals surface area contributed by atoms with Crippen LogP contribution in [0.2, 0.25) is 0 Å². The van der Waals surface area contributed by atoms with Gasteiger partial charge in [-0.1, -0.05) is 0 Å². The van der Waals surface area contributed by atoms with E-state index >= 15 is 0 Å². The van der Waals surface area contributed by atoms with E-state index in [1.165, 1.54) is 17.1 Å². The molecule has 0 aliphatic carbocycles. The Bertz CT molecular complexity index is 505. The van der Waals surface area contributed by atoms with Crippen LogP contribution in [0, 0.1) is 0 Å². The molecule has 0 radical (unpaired) electrons. The molecule has 16 heavy (non-hydrogen) atoms. The van der Waals surface area contributed by atoms with E-state index in [1.807, 2.05) is 0 Å². The molecular formula is C9H9N5O2. The molecule has 0 saturated carbocycles. The van der Waals surface area contributed by atoms with E-state index in [9.17, 15) is 4.79 Å². The molecule has 0 amide bonds. The lowest BCUT2D eigenvalue weighted by Crippen LogP contribution is -2.08. The van der Waals surface area contributed by atoms with Crippen LogP contribution in [0.15, 0.2) is 24.7 Å². The lowest BCUT2D eigenvalue weighted by molar-refractivity contribution is -0.137. The lowest BCUT2D eigenvalue weighted by Gasteiger charge is -1.96. The number of carboxylic acids is 1. The van der Waals surface area contributed by atoms with Gasteiger partial charge in [0.1, 0.15) is 6.54 Å². The van der Waals surface area contributed by atoms with Crippen LogP contribution in [0.3, 0.4) is 0 Å². The number of aliphatic carboxylic acids is 1. The average Bonchev–Trinajstić information content (AvgIpc) is 2.66. The van der Waals surface area contributed by atoms with Crippen LogP contribution in [0.5, 0.6) is 0 Å². The second kappa shape index (κ2) is 3.97. The molecule has 0 atom stereocenters. The van der Waals surface area contributed by atoms with Crippen LogP contribution in [0.4, 0.5) is 5.95 Å². The SMILES string of the molecule is Nc1ncc(-c2ccn(CC(=O)O)n2)cn1. The molecule has 2 rings (SSSR count). The third-order valence-corrected chi connectivity index (χ3v) is 1.91. The number of hydrogen-bond acceptors (Lipinski definition) is 5. The molecule has 3 N–H and O–H groups in total. The van der Waals surface area contributed by atoms with Gasteiger partial charge in [0.25, 0.3) is 0 Å². The molecule has 2 aromatic heterocycles. The fourth-order valence-electron chi connectivity index (χ4n) is 1.21. The number of rotatable bonds is 3. The van der Waals surface area contributed by atoms with E-state index < -0.39 is 5.97 Å². The van der Waals surface area contributed by atoms with Gasteiger partial charge >= 0.3 is 5.97 Å². The zero-order valence-electron chi connectivity index (χ0n) is 8.24. The van der Waals surface area contributed by atoms with Crippen molar-refractivity contribution in [2.75, 3.05) is 5.73 Å². The maximum atomic E-state index is 10.5. The lowest BCUT2D eigenvalue weighted by atomic mass is 10.2. The van der Waals surface area contributed by atoms with Gasteiger partial charge in [-0.25, -0.2) is 9.97 Å². The number of anilines is 1. The molecule has 7 nitrogen and oxygen atoms in total. The third-order valence-electron chi connectivity index (χ3n) is 1.91. The molecular weight excluding hydrogens is 210 g/mol. The summed E-state index contributed by atoms with van der Waals surface area (Å²) in [6.07, 6.45) is 4.66. The Morgan fingerprint density at radius 2 is 2.12 bits per heavy atom. The van der Waals surface area contributed by atoms with Crippen molar-refractivity contribution in [3.8, 4) is 11.3 Å². The monoisotopic (exact) mass is 219 g/mol. The summed E-state index contributed by atoms with van der Waals surface area (Å²) in [4.78, 5) is 18.1.